The van der Waals surface area contributed by atoms with Gasteiger partial charge < -0.3 is 0 Å². The minimum Gasteiger partial charge on any atom is -0.207 e. The molecule has 2 aliphatic rings. The molecule has 0 aromatic carbocycles. The van der Waals surface area contributed by atoms with Gasteiger partial charge in [-0.15, -0.1) is 0 Å². The summed E-state index contributed by atoms with van der Waals surface area (Å²) in [6.07, 6.45) is 2.15. The van der Waals surface area contributed by atoms with Crippen molar-refractivity contribution in [3.8, 4) is 6.07 Å². The van der Waals surface area contributed by atoms with E-state index >= 15 is 0 Å². The first-order valence-corrected chi connectivity index (χ1v) is 4.37. The molecule has 2 rings (SSSR count). The van der Waals surface area contributed by atoms with E-state index in [4.69, 9.17) is 5.26 Å². The molecule has 2 fully saturated rings. The highest BCUT2D eigenvalue weighted by atomic mass is 19.3. The summed E-state index contributed by atoms with van der Waals surface area (Å²) in [4.78, 5) is 0. The predicted octanol–water partition coefficient (Wildman–Crippen LogP) is 2.73. The van der Waals surface area contributed by atoms with Gasteiger partial charge in [0.2, 0.25) is 5.92 Å². The standard InChI is InChI=1S/C9H11F2N/c10-9(11)2-1-7(5-9)8(6-12)3-4-8/h7H,1-5H2. The van der Waals surface area contributed by atoms with E-state index in [0.29, 0.717) is 6.42 Å². The summed E-state index contributed by atoms with van der Waals surface area (Å²) in [5.74, 6) is -2.52. The van der Waals surface area contributed by atoms with Crippen molar-refractivity contribution < 1.29 is 8.78 Å². The van der Waals surface area contributed by atoms with Gasteiger partial charge >= 0.3 is 0 Å². The zero-order valence-electron chi connectivity index (χ0n) is 6.82. The Morgan fingerprint density at radius 2 is 1.92 bits per heavy atom. The van der Waals surface area contributed by atoms with Crippen molar-refractivity contribution in [1.29, 1.82) is 5.26 Å². The van der Waals surface area contributed by atoms with Crippen molar-refractivity contribution in [2.45, 2.75) is 38.0 Å². The Morgan fingerprint density at radius 1 is 1.25 bits per heavy atom. The number of hydrogen-bond donors (Lipinski definition) is 0. The zero-order valence-corrected chi connectivity index (χ0v) is 6.82. The van der Waals surface area contributed by atoms with Gasteiger partial charge in [-0.2, -0.15) is 5.26 Å². The maximum atomic E-state index is 12.8. The molecule has 1 atom stereocenters. The highest BCUT2D eigenvalue weighted by Crippen LogP contribution is 2.59. The number of halogens is 2. The Hall–Kier alpha value is -0.650. The van der Waals surface area contributed by atoms with Crippen molar-refractivity contribution in [1.82, 2.24) is 0 Å². The third-order valence-corrected chi connectivity index (χ3v) is 3.20. The molecule has 1 nitrogen and oxygen atoms in total. The Balaban J connectivity index is 2.06. The molecular weight excluding hydrogens is 160 g/mol. The number of nitrogens with zero attached hydrogens (tertiary/aromatic N) is 1. The van der Waals surface area contributed by atoms with E-state index in [2.05, 4.69) is 6.07 Å². The number of rotatable bonds is 1. The first-order valence-electron chi connectivity index (χ1n) is 4.37. The number of hydrogen-bond acceptors (Lipinski definition) is 1. The van der Waals surface area contributed by atoms with Crippen LogP contribution in [0.4, 0.5) is 8.78 Å². The summed E-state index contributed by atoms with van der Waals surface area (Å²) in [5, 5.41) is 8.79. The van der Waals surface area contributed by atoms with Gasteiger partial charge in [0.05, 0.1) is 11.5 Å². The van der Waals surface area contributed by atoms with Gasteiger partial charge in [-0.25, -0.2) is 8.78 Å². The highest BCUT2D eigenvalue weighted by Gasteiger charge is 2.55. The summed E-state index contributed by atoms with van der Waals surface area (Å²) in [6, 6.07) is 2.20. The summed E-state index contributed by atoms with van der Waals surface area (Å²) < 4.78 is 25.6. The van der Waals surface area contributed by atoms with Crippen LogP contribution in [0.1, 0.15) is 32.1 Å². The van der Waals surface area contributed by atoms with Crippen molar-refractivity contribution in [2.24, 2.45) is 11.3 Å². The van der Waals surface area contributed by atoms with Crippen LogP contribution in [0.25, 0.3) is 0 Å². The first kappa shape index (κ1) is 7.97. The normalized spacial score (nSPS) is 35.9. The molecule has 0 saturated heterocycles. The van der Waals surface area contributed by atoms with Crippen LogP contribution in [-0.4, -0.2) is 5.92 Å². The van der Waals surface area contributed by atoms with Crippen molar-refractivity contribution in [3.05, 3.63) is 0 Å². The first-order chi connectivity index (χ1) is 5.58. The monoisotopic (exact) mass is 171 g/mol. The fourth-order valence-corrected chi connectivity index (χ4v) is 2.17. The van der Waals surface area contributed by atoms with Gasteiger partial charge in [-0.05, 0) is 25.2 Å². The molecule has 1 unspecified atom stereocenters. The topological polar surface area (TPSA) is 23.8 Å². The molecule has 12 heavy (non-hydrogen) atoms. The van der Waals surface area contributed by atoms with E-state index in [0.717, 1.165) is 12.8 Å². The van der Waals surface area contributed by atoms with Crippen molar-refractivity contribution in [2.75, 3.05) is 0 Å². The lowest BCUT2D eigenvalue weighted by Gasteiger charge is -2.14. The average Bonchev–Trinajstić information content (AvgIpc) is 2.72. The zero-order chi connectivity index (χ0) is 8.82. The van der Waals surface area contributed by atoms with E-state index in [9.17, 15) is 8.78 Å². The SMILES string of the molecule is N#CC1(C2CCC(F)(F)C2)CC1. The largest absolute Gasteiger partial charge is 0.248 e. The summed E-state index contributed by atoms with van der Waals surface area (Å²) in [7, 11) is 0. The van der Waals surface area contributed by atoms with Crippen LogP contribution in [0, 0.1) is 22.7 Å². The van der Waals surface area contributed by atoms with Crippen LogP contribution in [0.15, 0.2) is 0 Å². The molecular formula is C9H11F2N. The van der Waals surface area contributed by atoms with Crippen LogP contribution in [0.3, 0.4) is 0 Å². The van der Waals surface area contributed by atoms with Crippen LogP contribution in [-0.2, 0) is 0 Å². The van der Waals surface area contributed by atoms with E-state index in [-0.39, 0.29) is 24.2 Å². The predicted molar refractivity (Wildman–Crippen MR) is 39.6 cm³/mol. The minimum atomic E-state index is -2.49. The third-order valence-electron chi connectivity index (χ3n) is 3.20. The molecule has 0 amide bonds. The summed E-state index contributed by atoms with van der Waals surface area (Å²) in [5.41, 5.74) is -0.347. The molecule has 3 heteroatoms. The lowest BCUT2D eigenvalue weighted by Crippen LogP contribution is -2.15. The molecule has 0 aliphatic heterocycles. The highest BCUT2D eigenvalue weighted by molar-refractivity contribution is 5.15. The number of alkyl halides is 2. The van der Waals surface area contributed by atoms with E-state index in [1.165, 1.54) is 0 Å². The Labute approximate surface area is 70.4 Å². The van der Waals surface area contributed by atoms with Crippen molar-refractivity contribution in [3.63, 3.8) is 0 Å². The van der Waals surface area contributed by atoms with Gasteiger partial charge in [0.15, 0.2) is 0 Å². The molecule has 0 spiro atoms. The van der Waals surface area contributed by atoms with E-state index in [1.54, 1.807) is 0 Å². The smallest absolute Gasteiger partial charge is 0.207 e. The molecule has 0 N–H and O–H groups in total. The van der Waals surface area contributed by atoms with Gasteiger partial charge in [0.25, 0.3) is 0 Å². The van der Waals surface area contributed by atoms with Gasteiger partial charge in [-0.1, -0.05) is 0 Å². The van der Waals surface area contributed by atoms with Gasteiger partial charge in [0.1, 0.15) is 0 Å². The van der Waals surface area contributed by atoms with E-state index < -0.39 is 5.92 Å². The molecule has 2 aliphatic carbocycles. The second-order valence-electron chi connectivity index (χ2n) is 4.06. The van der Waals surface area contributed by atoms with E-state index in [1.807, 2.05) is 0 Å². The molecule has 0 heterocycles. The fraction of sp³-hybridized carbons (Fsp3) is 0.889. The molecule has 0 aromatic rings. The Kier molecular flexibility index (Phi) is 1.45. The summed E-state index contributed by atoms with van der Waals surface area (Å²) >= 11 is 0. The number of nitriles is 1. The Morgan fingerprint density at radius 3 is 2.25 bits per heavy atom. The molecule has 0 radical (unpaired) electrons. The Bertz CT molecular complexity index is 237. The van der Waals surface area contributed by atoms with Crippen LogP contribution in [0.2, 0.25) is 0 Å². The van der Waals surface area contributed by atoms with Crippen LogP contribution < -0.4 is 0 Å². The second kappa shape index (κ2) is 2.18. The molecule has 0 bridgehead atoms. The molecule has 2 saturated carbocycles. The third kappa shape index (κ3) is 1.10. The maximum absolute atomic E-state index is 12.8. The molecule has 0 aromatic heterocycles. The van der Waals surface area contributed by atoms with Crippen LogP contribution >= 0.6 is 0 Å². The minimum absolute atomic E-state index is 0.0128. The van der Waals surface area contributed by atoms with Gasteiger partial charge in [-0.3, -0.25) is 0 Å². The fourth-order valence-electron chi connectivity index (χ4n) is 2.17. The summed E-state index contributed by atoms with van der Waals surface area (Å²) in [6.45, 7) is 0. The average molecular weight is 171 g/mol. The second-order valence-corrected chi connectivity index (χ2v) is 4.06. The quantitative estimate of drug-likeness (QED) is 0.595. The lowest BCUT2D eigenvalue weighted by atomic mass is 9.89. The van der Waals surface area contributed by atoms with Crippen LogP contribution in [0.5, 0.6) is 0 Å². The maximum Gasteiger partial charge on any atom is 0.248 e. The van der Waals surface area contributed by atoms with Gasteiger partial charge in [0, 0.05) is 12.8 Å². The lowest BCUT2D eigenvalue weighted by molar-refractivity contribution is 0.00272. The van der Waals surface area contributed by atoms with Crippen molar-refractivity contribution >= 4 is 0 Å². The molecule has 66 valence electrons.